The summed E-state index contributed by atoms with van der Waals surface area (Å²) < 4.78 is 10.4. The van der Waals surface area contributed by atoms with Gasteiger partial charge in [0.1, 0.15) is 5.75 Å². The summed E-state index contributed by atoms with van der Waals surface area (Å²) in [4.78, 5) is 31.1. The SMILES string of the molecule is COC(=O)CCCCCCOc1ccc(Nc2nccc(-c3ccc(NC(C)=O)cc3)n2)cc1. The van der Waals surface area contributed by atoms with Gasteiger partial charge in [0.25, 0.3) is 0 Å². The molecule has 0 saturated heterocycles. The van der Waals surface area contributed by atoms with Crippen molar-refractivity contribution >= 4 is 29.2 Å². The van der Waals surface area contributed by atoms with Gasteiger partial charge in [0.15, 0.2) is 0 Å². The van der Waals surface area contributed by atoms with Gasteiger partial charge in [0.05, 0.1) is 19.4 Å². The molecule has 3 rings (SSSR count). The molecule has 34 heavy (non-hydrogen) atoms. The van der Waals surface area contributed by atoms with E-state index in [4.69, 9.17) is 4.74 Å². The molecular formula is C26H30N4O4. The van der Waals surface area contributed by atoms with Crippen LogP contribution in [-0.2, 0) is 14.3 Å². The van der Waals surface area contributed by atoms with Gasteiger partial charge in [0, 0.05) is 36.5 Å². The molecule has 0 aliphatic rings. The smallest absolute Gasteiger partial charge is 0.305 e. The minimum atomic E-state index is -0.153. The largest absolute Gasteiger partial charge is 0.494 e. The monoisotopic (exact) mass is 462 g/mol. The summed E-state index contributed by atoms with van der Waals surface area (Å²) in [6.07, 6.45) is 5.96. The topological polar surface area (TPSA) is 102 Å². The lowest BCUT2D eigenvalue weighted by Gasteiger charge is -2.09. The summed E-state index contributed by atoms with van der Waals surface area (Å²) in [6.45, 7) is 2.11. The fraction of sp³-hybridized carbons (Fsp3) is 0.308. The Hall–Kier alpha value is -3.94. The molecule has 0 unspecified atom stereocenters. The van der Waals surface area contributed by atoms with E-state index in [1.807, 2.05) is 54.6 Å². The van der Waals surface area contributed by atoms with Gasteiger partial charge in [-0.25, -0.2) is 9.97 Å². The highest BCUT2D eigenvalue weighted by Crippen LogP contribution is 2.22. The van der Waals surface area contributed by atoms with Crippen LogP contribution >= 0.6 is 0 Å². The average Bonchev–Trinajstić information content (AvgIpc) is 2.84. The van der Waals surface area contributed by atoms with E-state index in [-0.39, 0.29) is 11.9 Å². The molecule has 1 amide bonds. The molecule has 0 radical (unpaired) electrons. The molecule has 0 bridgehead atoms. The number of hydrogen-bond acceptors (Lipinski definition) is 7. The van der Waals surface area contributed by atoms with Crippen LogP contribution in [-0.4, -0.2) is 35.6 Å². The summed E-state index contributed by atoms with van der Waals surface area (Å²) in [6, 6.07) is 17.0. The molecule has 0 aliphatic heterocycles. The van der Waals surface area contributed by atoms with Gasteiger partial charge in [-0.1, -0.05) is 25.0 Å². The maximum atomic E-state index is 11.2. The van der Waals surface area contributed by atoms with Gasteiger partial charge in [-0.05, 0) is 55.3 Å². The van der Waals surface area contributed by atoms with E-state index in [2.05, 4.69) is 25.3 Å². The Morgan fingerprint density at radius 2 is 1.59 bits per heavy atom. The number of carbonyl (C=O) groups is 2. The summed E-state index contributed by atoms with van der Waals surface area (Å²) in [5.41, 5.74) is 3.30. The van der Waals surface area contributed by atoms with Gasteiger partial charge in [-0.3, -0.25) is 9.59 Å². The molecule has 2 N–H and O–H groups in total. The summed E-state index contributed by atoms with van der Waals surface area (Å²) in [5, 5.41) is 5.96. The fourth-order valence-electron chi connectivity index (χ4n) is 3.29. The lowest BCUT2D eigenvalue weighted by Crippen LogP contribution is -2.05. The van der Waals surface area contributed by atoms with E-state index in [0.29, 0.717) is 19.0 Å². The highest BCUT2D eigenvalue weighted by atomic mass is 16.5. The third-order valence-corrected chi connectivity index (χ3v) is 5.04. The lowest BCUT2D eigenvalue weighted by atomic mass is 10.1. The lowest BCUT2D eigenvalue weighted by molar-refractivity contribution is -0.140. The molecule has 0 aliphatic carbocycles. The number of carbonyl (C=O) groups excluding carboxylic acids is 2. The Morgan fingerprint density at radius 1 is 0.882 bits per heavy atom. The van der Waals surface area contributed by atoms with Crippen molar-refractivity contribution < 1.29 is 19.1 Å². The number of aromatic nitrogens is 2. The van der Waals surface area contributed by atoms with Crippen molar-refractivity contribution in [3.8, 4) is 17.0 Å². The standard InChI is InChI=1S/C26H30N4O4/c1-19(31)28-21-10-8-20(9-11-21)24-16-17-27-26(30-24)29-22-12-14-23(15-13-22)34-18-6-4-3-5-7-25(32)33-2/h8-17H,3-7,18H2,1-2H3,(H,28,31)(H,27,29,30). The first-order valence-corrected chi connectivity index (χ1v) is 11.3. The van der Waals surface area contributed by atoms with Crippen molar-refractivity contribution in [3.05, 3.63) is 60.8 Å². The quantitative estimate of drug-likeness (QED) is 0.276. The number of rotatable bonds is 12. The Morgan fingerprint density at radius 3 is 2.29 bits per heavy atom. The Bertz CT molecular complexity index is 1070. The maximum absolute atomic E-state index is 11.2. The predicted molar refractivity (Wildman–Crippen MR) is 132 cm³/mol. The van der Waals surface area contributed by atoms with Crippen LogP contribution in [0.4, 0.5) is 17.3 Å². The first-order valence-electron chi connectivity index (χ1n) is 11.3. The van der Waals surface area contributed by atoms with E-state index < -0.39 is 0 Å². The van der Waals surface area contributed by atoms with Crippen LogP contribution < -0.4 is 15.4 Å². The second kappa shape index (κ2) is 12.9. The van der Waals surface area contributed by atoms with Crippen LogP contribution in [0, 0.1) is 0 Å². The van der Waals surface area contributed by atoms with Gasteiger partial charge < -0.3 is 20.1 Å². The van der Waals surface area contributed by atoms with Gasteiger partial charge >= 0.3 is 5.97 Å². The number of methoxy groups -OCH3 is 1. The van der Waals surface area contributed by atoms with Gasteiger partial charge in [-0.2, -0.15) is 0 Å². The average molecular weight is 463 g/mol. The third-order valence-electron chi connectivity index (χ3n) is 5.04. The zero-order valence-electron chi connectivity index (χ0n) is 19.5. The van der Waals surface area contributed by atoms with Crippen LogP contribution in [0.2, 0.25) is 0 Å². The Labute approximate surface area is 199 Å². The third kappa shape index (κ3) is 8.20. The Kier molecular flexibility index (Phi) is 9.40. The molecule has 3 aromatic rings. The highest BCUT2D eigenvalue weighted by molar-refractivity contribution is 5.88. The number of hydrogen-bond donors (Lipinski definition) is 2. The number of ether oxygens (including phenoxy) is 2. The number of anilines is 3. The van der Waals surface area contributed by atoms with Crippen LogP contribution in [0.25, 0.3) is 11.3 Å². The van der Waals surface area contributed by atoms with E-state index in [1.165, 1.54) is 14.0 Å². The number of benzene rings is 2. The number of unbranched alkanes of at least 4 members (excludes halogenated alkanes) is 3. The minimum absolute atomic E-state index is 0.106. The van der Waals surface area contributed by atoms with Crippen molar-refractivity contribution in [3.63, 3.8) is 0 Å². The van der Waals surface area contributed by atoms with Crippen LogP contribution in [0.3, 0.4) is 0 Å². The number of nitrogens with one attached hydrogen (secondary N) is 2. The van der Waals surface area contributed by atoms with Crippen LogP contribution in [0.15, 0.2) is 60.8 Å². The van der Waals surface area contributed by atoms with Crippen molar-refractivity contribution in [2.45, 2.75) is 39.0 Å². The molecule has 1 heterocycles. The number of esters is 1. The summed E-state index contributed by atoms with van der Waals surface area (Å²) in [7, 11) is 1.41. The fourth-order valence-corrected chi connectivity index (χ4v) is 3.29. The molecule has 0 atom stereocenters. The summed E-state index contributed by atoms with van der Waals surface area (Å²) >= 11 is 0. The zero-order valence-corrected chi connectivity index (χ0v) is 19.5. The molecule has 1 aromatic heterocycles. The van der Waals surface area contributed by atoms with Gasteiger partial charge in [-0.15, -0.1) is 0 Å². The second-order valence-electron chi connectivity index (χ2n) is 7.76. The second-order valence-corrected chi connectivity index (χ2v) is 7.76. The van der Waals surface area contributed by atoms with E-state index >= 15 is 0 Å². The van der Waals surface area contributed by atoms with Crippen LogP contribution in [0.5, 0.6) is 5.75 Å². The van der Waals surface area contributed by atoms with E-state index in [0.717, 1.165) is 54.1 Å². The van der Waals surface area contributed by atoms with Gasteiger partial charge in [0.2, 0.25) is 11.9 Å². The van der Waals surface area contributed by atoms with Crippen molar-refractivity contribution in [2.75, 3.05) is 24.4 Å². The van der Waals surface area contributed by atoms with Crippen molar-refractivity contribution in [1.82, 2.24) is 9.97 Å². The normalized spacial score (nSPS) is 10.4. The first-order chi connectivity index (χ1) is 16.5. The predicted octanol–water partition coefficient (Wildman–Crippen LogP) is 5.35. The summed E-state index contributed by atoms with van der Waals surface area (Å²) in [5.74, 6) is 1.03. The molecule has 178 valence electrons. The van der Waals surface area contributed by atoms with Crippen molar-refractivity contribution in [1.29, 1.82) is 0 Å². The number of nitrogens with zero attached hydrogens (tertiary/aromatic N) is 2. The molecule has 8 heteroatoms. The Balaban J connectivity index is 1.46. The molecule has 0 spiro atoms. The number of amides is 1. The van der Waals surface area contributed by atoms with E-state index in [1.54, 1.807) is 6.20 Å². The maximum Gasteiger partial charge on any atom is 0.305 e. The zero-order chi connectivity index (χ0) is 24.2. The van der Waals surface area contributed by atoms with Crippen LogP contribution in [0.1, 0.15) is 39.0 Å². The molecule has 8 nitrogen and oxygen atoms in total. The van der Waals surface area contributed by atoms with Crippen molar-refractivity contribution in [2.24, 2.45) is 0 Å². The minimum Gasteiger partial charge on any atom is -0.494 e. The van der Waals surface area contributed by atoms with E-state index in [9.17, 15) is 9.59 Å². The first kappa shape index (κ1) is 24.7. The molecule has 0 saturated carbocycles. The molecule has 2 aromatic carbocycles. The molecule has 0 fully saturated rings. The highest BCUT2D eigenvalue weighted by Gasteiger charge is 2.05. The molecular weight excluding hydrogens is 432 g/mol.